The van der Waals surface area contributed by atoms with E-state index in [2.05, 4.69) is 15.3 Å². The number of nitrogen functional groups attached to an aromatic ring is 1. The number of hydrogen-bond donors (Lipinski definition) is 2. The van der Waals surface area contributed by atoms with Gasteiger partial charge in [0.05, 0.1) is 0 Å². The number of hydrogen-bond acceptors (Lipinski definition) is 6. The number of ether oxygens (including phenoxy) is 1. The Bertz CT molecular complexity index is 449. The molecule has 118 valence electrons. The summed E-state index contributed by atoms with van der Waals surface area (Å²) in [7, 11) is 0. The summed E-state index contributed by atoms with van der Waals surface area (Å²) in [4.78, 5) is 22.1. The summed E-state index contributed by atoms with van der Waals surface area (Å²) in [5, 5.41) is 3.10. The molecule has 0 aliphatic rings. The summed E-state index contributed by atoms with van der Waals surface area (Å²) in [6.07, 6.45) is 0.423. The minimum absolute atomic E-state index is 0.129. The van der Waals surface area contributed by atoms with E-state index in [1.54, 1.807) is 11.0 Å². The highest BCUT2D eigenvalue weighted by molar-refractivity contribution is 5.76. The van der Waals surface area contributed by atoms with Gasteiger partial charge in [-0.15, -0.1) is 0 Å². The number of nitrogens with two attached hydrogens (primary N) is 1. The van der Waals surface area contributed by atoms with E-state index in [1.807, 2.05) is 20.8 Å². The molecule has 1 heterocycles. The van der Waals surface area contributed by atoms with Crippen molar-refractivity contribution < 1.29 is 9.53 Å². The molecule has 0 saturated heterocycles. The van der Waals surface area contributed by atoms with E-state index < -0.39 is 0 Å². The van der Waals surface area contributed by atoms with Gasteiger partial charge in [-0.2, -0.15) is 0 Å². The zero-order valence-corrected chi connectivity index (χ0v) is 13.1. The number of aromatic nitrogens is 2. The van der Waals surface area contributed by atoms with Crippen molar-refractivity contribution in [1.29, 1.82) is 0 Å². The monoisotopic (exact) mass is 295 g/mol. The van der Waals surface area contributed by atoms with Crippen molar-refractivity contribution in [2.24, 2.45) is 0 Å². The summed E-state index contributed by atoms with van der Waals surface area (Å²) in [6.45, 7) is 8.75. The van der Waals surface area contributed by atoms with E-state index in [1.165, 1.54) is 0 Å². The van der Waals surface area contributed by atoms with Gasteiger partial charge in [0.15, 0.2) is 5.82 Å². The molecule has 1 amide bonds. The van der Waals surface area contributed by atoms with E-state index in [0.29, 0.717) is 43.6 Å². The molecule has 0 saturated carbocycles. The lowest BCUT2D eigenvalue weighted by atomic mass is 10.3. The first-order valence-corrected chi connectivity index (χ1v) is 7.33. The second-order valence-electron chi connectivity index (χ2n) is 4.47. The van der Waals surface area contributed by atoms with Gasteiger partial charge in [-0.3, -0.25) is 4.79 Å². The fourth-order valence-electron chi connectivity index (χ4n) is 1.90. The van der Waals surface area contributed by atoms with Crippen LogP contribution in [-0.2, 0) is 16.1 Å². The molecule has 0 radical (unpaired) electrons. The second kappa shape index (κ2) is 9.12. The third-order valence-corrected chi connectivity index (χ3v) is 2.99. The number of rotatable bonds is 9. The largest absolute Gasteiger partial charge is 0.384 e. The van der Waals surface area contributed by atoms with E-state index in [-0.39, 0.29) is 5.91 Å². The van der Waals surface area contributed by atoms with Crippen LogP contribution in [0.5, 0.6) is 0 Å². The highest BCUT2D eigenvalue weighted by Crippen LogP contribution is 2.09. The van der Waals surface area contributed by atoms with Crippen molar-refractivity contribution in [3.8, 4) is 0 Å². The fourth-order valence-corrected chi connectivity index (χ4v) is 1.90. The van der Waals surface area contributed by atoms with Crippen molar-refractivity contribution in [2.75, 3.05) is 37.3 Å². The SMILES string of the molecule is CCOCc1nc(N)cc(NCCC(=O)N(CC)CC)n1. The Hall–Kier alpha value is -1.89. The molecule has 1 rings (SSSR count). The Morgan fingerprint density at radius 3 is 2.67 bits per heavy atom. The molecular weight excluding hydrogens is 270 g/mol. The topological polar surface area (TPSA) is 93.4 Å². The van der Waals surface area contributed by atoms with Gasteiger partial charge in [0.2, 0.25) is 5.91 Å². The summed E-state index contributed by atoms with van der Waals surface area (Å²) in [5.41, 5.74) is 5.73. The molecule has 1 aromatic rings. The first-order chi connectivity index (χ1) is 10.1. The van der Waals surface area contributed by atoms with Gasteiger partial charge >= 0.3 is 0 Å². The van der Waals surface area contributed by atoms with Gasteiger partial charge in [-0.05, 0) is 20.8 Å². The minimum atomic E-state index is 0.129. The molecule has 0 aliphatic heterocycles. The van der Waals surface area contributed by atoms with E-state index in [9.17, 15) is 4.79 Å². The van der Waals surface area contributed by atoms with Crippen LogP contribution in [-0.4, -0.2) is 47.0 Å². The Kier molecular flexibility index (Phi) is 7.45. The number of carbonyl (C=O) groups excluding carboxylic acids is 1. The van der Waals surface area contributed by atoms with Gasteiger partial charge in [0.1, 0.15) is 18.2 Å². The van der Waals surface area contributed by atoms with Crippen LogP contribution >= 0.6 is 0 Å². The van der Waals surface area contributed by atoms with Crippen LogP contribution in [0.2, 0.25) is 0 Å². The van der Waals surface area contributed by atoms with E-state index >= 15 is 0 Å². The highest BCUT2D eigenvalue weighted by atomic mass is 16.5. The normalized spacial score (nSPS) is 10.4. The van der Waals surface area contributed by atoms with Crippen LogP contribution in [0, 0.1) is 0 Å². The smallest absolute Gasteiger partial charge is 0.224 e. The zero-order valence-electron chi connectivity index (χ0n) is 13.1. The maximum Gasteiger partial charge on any atom is 0.224 e. The second-order valence-corrected chi connectivity index (χ2v) is 4.47. The standard InChI is InChI=1S/C14H25N5O2/c1-4-19(5-2)14(20)7-8-16-12-9-11(15)17-13(18-12)10-21-6-3/h9H,4-8,10H2,1-3H3,(H3,15,16,17,18). The third kappa shape index (κ3) is 5.95. The zero-order chi connectivity index (χ0) is 15.7. The van der Waals surface area contributed by atoms with Crippen LogP contribution in [0.15, 0.2) is 6.07 Å². The van der Waals surface area contributed by atoms with Crippen molar-refractivity contribution >= 4 is 17.5 Å². The first kappa shape index (κ1) is 17.2. The molecule has 1 aromatic heterocycles. The Morgan fingerprint density at radius 2 is 2.05 bits per heavy atom. The van der Waals surface area contributed by atoms with Crippen molar-refractivity contribution in [3.63, 3.8) is 0 Å². The number of anilines is 2. The van der Waals surface area contributed by atoms with E-state index in [4.69, 9.17) is 10.5 Å². The lowest BCUT2D eigenvalue weighted by Gasteiger charge is -2.18. The van der Waals surface area contributed by atoms with Crippen molar-refractivity contribution in [2.45, 2.75) is 33.8 Å². The number of carbonyl (C=O) groups is 1. The van der Waals surface area contributed by atoms with Crippen LogP contribution in [0.4, 0.5) is 11.6 Å². The summed E-state index contributed by atoms with van der Waals surface area (Å²) in [5.74, 6) is 1.67. The average Bonchev–Trinajstić information content (AvgIpc) is 2.46. The van der Waals surface area contributed by atoms with Crippen LogP contribution in [0.25, 0.3) is 0 Å². The lowest BCUT2D eigenvalue weighted by Crippen LogP contribution is -2.31. The van der Waals surface area contributed by atoms with Crippen LogP contribution in [0.3, 0.4) is 0 Å². The number of nitrogens with one attached hydrogen (secondary N) is 1. The molecular formula is C14H25N5O2. The maximum absolute atomic E-state index is 11.9. The summed E-state index contributed by atoms with van der Waals surface area (Å²) < 4.78 is 5.26. The highest BCUT2D eigenvalue weighted by Gasteiger charge is 2.09. The number of amides is 1. The molecule has 7 nitrogen and oxygen atoms in total. The van der Waals surface area contributed by atoms with E-state index in [0.717, 1.165) is 13.1 Å². The molecule has 0 spiro atoms. The summed E-state index contributed by atoms with van der Waals surface area (Å²) >= 11 is 0. The van der Waals surface area contributed by atoms with Crippen molar-refractivity contribution in [3.05, 3.63) is 11.9 Å². The third-order valence-electron chi connectivity index (χ3n) is 2.99. The fraction of sp³-hybridized carbons (Fsp3) is 0.643. The molecule has 0 fully saturated rings. The molecule has 0 atom stereocenters. The van der Waals surface area contributed by atoms with Gasteiger partial charge < -0.3 is 20.7 Å². The molecule has 0 aromatic carbocycles. The van der Waals surface area contributed by atoms with Crippen molar-refractivity contribution in [1.82, 2.24) is 14.9 Å². The average molecular weight is 295 g/mol. The molecule has 0 unspecified atom stereocenters. The summed E-state index contributed by atoms with van der Waals surface area (Å²) in [6, 6.07) is 1.65. The minimum Gasteiger partial charge on any atom is -0.384 e. The first-order valence-electron chi connectivity index (χ1n) is 7.33. The molecule has 21 heavy (non-hydrogen) atoms. The van der Waals surface area contributed by atoms with Gasteiger partial charge in [-0.25, -0.2) is 9.97 Å². The Morgan fingerprint density at radius 1 is 1.33 bits per heavy atom. The predicted molar refractivity (Wildman–Crippen MR) is 82.8 cm³/mol. The molecule has 0 aliphatic carbocycles. The Balaban J connectivity index is 2.51. The molecule has 3 N–H and O–H groups in total. The van der Waals surface area contributed by atoms with Crippen LogP contribution in [0.1, 0.15) is 33.0 Å². The Labute approximate surface area is 125 Å². The van der Waals surface area contributed by atoms with Crippen LogP contribution < -0.4 is 11.1 Å². The predicted octanol–water partition coefficient (Wildman–Crippen LogP) is 1.27. The maximum atomic E-state index is 11.9. The van der Waals surface area contributed by atoms with Gasteiger partial charge in [0, 0.05) is 38.7 Å². The number of nitrogens with zero attached hydrogens (tertiary/aromatic N) is 3. The van der Waals surface area contributed by atoms with Gasteiger partial charge in [0.25, 0.3) is 0 Å². The lowest BCUT2D eigenvalue weighted by molar-refractivity contribution is -0.130. The molecule has 7 heteroatoms. The quantitative estimate of drug-likeness (QED) is 0.712. The van der Waals surface area contributed by atoms with Gasteiger partial charge in [-0.1, -0.05) is 0 Å². The molecule has 0 bridgehead atoms.